The van der Waals surface area contributed by atoms with Crippen LogP contribution in [-0.4, -0.2) is 4.92 Å². The van der Waals surface area contributed by atoms with Gasteiger partial charge < -0.3 is 5.32 Å². The third-order valence-corrected chi connectivity index (χ3v) is 3.14. The van der Waals surface area contributed by atoms with Crippen LogP contribution < -0.4 is 5.32 Å². The van der Waals surface area contributed by atoms with E-state index in [4.69, 9.17) is 0 Å². The predicted octanol–water partition coefficient (Wildman–Crippen LogP) is 3.58. The Morgan fingerprint density at radius 1 is 1.41 bits per heavy atom. The van der Waals surface area contributed by atoms with Crippen molar-refractivity contribution in [1.29, 1.82) is 0 Å². The fraction of sp³-hybridized carbons (Fsp3) is 0.167. The molecule has 88 valence electrons. The van der Waals surface area contributed by atoms with Crippen LogP contribution >= 0.6 is 11.3 Å². The highest BCUT2D eigenvalue weighted by atomic mass is 32.1. The van der Waals surface area contributed by atoms with Crippen molar-refractivity contribution >= 4 is 22.7 Å². The van der Waals surface area contributed by atoms with Crippen molar-refractivity contribution in [3.05, 3.63) is 56.3 Å². The van der Waals surface area contributed by atoms with Crippen LogP contribution in [0.2, 0.25) is 0 Å². The molecule has 1 heterocycles. The average Bonchev–Trinajstić information content (AvgIpc) is 2.78. The van der Waals surface area contributed by atoms with E-state index in [0.717, 1.165) is 11.1 Å². The van der Waals surface area contributed by atoms with Gasteiger partial charge in [-0.25, -0.2) is 0 Å². The van der Waals surface area contributed by atoms with Crippen molar-refractivity contribution in [3.63, 3.8) is 0 Å². The molecule has 1 aromatic carbocycles. The molecule has 0 amide bonds. The Labute approximate surface area is 103 Å². The lowest BCUT2D eigenvalue weighted by Crippen LogP contribution is -2.02. The molecule has 0 atom stereocenters. The molecule has 4 nitrogen and oxygen atoms in total. The fourth-order valence-corrected chi connectivity index (χ4v) is 2.21. The molecular formula is C12H12N2O2S. The average molecular weight is 248 g/mol. The zero-order valence-corrected chi connectivity index (χ0v) is 10.2. The topological polar surface area (TPSA) is 55.2 Å². The molecule has 0 unspecified atom stereocenters. The molecule has 0 bridgehead atoms. The Balaban J connectivity index is 2.19. The zero-order chi connectivity index (χ0) is 12.3. The number of nitrogens with one attached hydrogen (secondary N) is 1. The van der Waals surface area contributed by atoms with E-state index in [1.54, 1.807) is 23.5 Å². The second-order valence-corrected chi connectivity index (χ2v) is 4.54. The first kappa shape index (κ1) is 11.6. The molecule has 0 aliphatic carbocycles. The minimum Gasteiger partial charge on any atom is -0.375 e. The molecule has 0 saturated carbocycles. The molecule has 2 aromatic rings. The lowest BCUT2D eigenvalue weighted by molar-refractivity contribution is -0.384. The maximum Gasteiger partial charge on any atom is 0.292 e. The number of hydrogen-bond acceptors (Lipinski definition) is 4. The van der Waals surface area contributed by atoms with E-state index in [9.17, 15) is 10.1 Å². The molecular weight excluding hydrogens is 236 g/mol. The Bertz CT molecular complexity index is 523. The van der Waals surface area contributed by atoms with Crippen molar-refractivity contribution < 1.29 is 4.92 Å². The van der Waals surface area contributed by atoms with E-state index < -0.39 is 0 Å². The molecule has 5 heteroatoms. The van der Waals surface area contributed by atoms with Crippen LogP contribution in [0.3, 0.4) is 0 Å². The van der Waals surface area contributed by atoms with Crippen molar-refractivity contribution in [3.8, 4) is 0 Å². The molecule has 1 N–H and O–H groups in total. The third-order valence-electron chi connectivity index (χ3n) is 2.41. The number of hydrogen-bond donors (Lipinski definition) is 1. The number of benzene rings is 1. The van der Waals surface area contributed by atoms with Gasteiger partial charge in [-0.15, -0.1) is 0 Å². The van der Waals surface area contributed by atoms with Crippen molar-refractivity contribution in [2.75, 3.05) is 5.32 Å². The minimum absolute atomic E-state index is 0.117. The first-order valence-corrected chi connectivity index (χ1v) is 6.11. The number of nitro groups is 1. The largest absolute Gasteiger partial charge is 0.375 e. The predicted molar refractivity (Wildman–Crippen MR) is 69.5 cm³/mol. The number of thiophene rings is 1. The van der Waals surface area contributed by atoms with Gasteiger partial charge >= 0.3 is 0 Å². The Hall–Kier alpha value is -1.88. The maximum atomic E-state index is 10.9. The second-order valence-electron chi connectivity index (χ2n) is 3.76. The summed E-state index contributed by atoms with van der Waals surface area (Å²) in [6.45, 7) is 2.52. The number of anilines is 1. The van der Waals surface area contributed by atoms with Crippen LogP contribution in [0, 0.1) is 17.0 Å². The molecule has 0 spiro atoms. The van der Waals surface area contributed by atoms with Crippen molar-refractivity contribution in [1.82, 2.24) is 0 Å². The van der Waals surface area contributed by atoms with Gasteiger partial charge in [0.05, 0.1) is 4.92 Å². The Kier molecular flexibility index (Phi) is 3.39. The zero-order valence-electron chi connectivity index (χ0n) is 9.34. The third kappa shape index (κ3) is 2.82. The Morgan fingerprint density at radius 2 is 2.24 bits per heavy atom. The number of nitrogens with zero attached hydrogens (tertiary/aromatic N) is 1. The van der Waals surface area contributed by atoms with Gasteiger partial charge in [0.15, 0.2) is 0 Å². The van der Waals surface area contributed by atoms with Gasteiger partial charge in [0.25, 0.3) is 5.69 Å². The lowest BCUT2D eigenvalue weighted by atomic mass is 10.2. The van der Waals surface area contributed by atoms with E-state index in [1.807, 2.05) is 23.8 Å². The van der Waals surface area contributed by atoms with Crippen LogP contribution in [0.25, 0.3) is 0 Å². The summed E-state index contributed by atoms with van der Waals surface area (Å²) in [6, 6.07) is 7.07. The summed E-state index contributed by atoms with van der Waals surface area (Å²) in [7, 11) is 0. The molecule has 0 aliphatic heterocycles. The van der Waals surface area contributed by atoms with E-state index in [1.165, 1.54) is 6.07 Å². The standard InChI is InChI=1S/C12H12N2O2S/c1-9-2-3-12(14(15)16)11(6-9)13-7-10-4-5-17-8-10/h2-6,8,13H,7H2,1H3. The number of aryl methyl sites for hydroxylation is 1. The maximum absolute atomic E-state index is 10.9. The number of nitro benzene ring substituents is 1. The number of rotatable bonds is 4. The van der Waals surface area contributed by atoms with Crippen LogP contribution in [0.1, 0.15) is 11.1 Å². The highest BCUT2D eigenvalue weighted by Gasteiger charge is 2.12. The van der Waals surface area contributed by atoms with Gasteiger partial charge in [-0.1, -0.05) is 6.07 Å². The highest BCUT2D eigenvalue weighted by molar-refractivity contribution is 7.07. The smallest absolute Gasteiger partial charge is 0.292 e. The summed E-state index contributed by atoms with van der Waals surface area (Å²) in [5, 5.41) is 18.0. The molecule has 1 aromatic heterocycles. The molecule has 0 radical (unpaired) electrons. The lowest BCUT2D eigenvalue weighted by Gasteiger charge is -2.06. The molecule has 2 rings (SSSR count). The highest BCUT2D eigenvalue weighted by Crippen LogP contribution is 2.25. The fourth-order valence-electron chi connectivity index (χ4n) is 1.54. The monoisotopic (exact) mass is 248 g/mol. The summed E-state index contributed by atoms with van der Waals surface area (Å²) < 4.78 is 0. The molecule has 0 aliphatic rings. The second kappa shape index (κ2) is 4.97. The molecule has 17 heavy (non-hydrogen) atoms. The van der Waals surface area contributed by atoms with E-state index in [0.29, 0.717) is 12.2 Å². The molecule has 0 saturated heterocycles. The van der Waals surface area contributed by atoms with Gasteiger partial charge in [0, 0.05) is 12.6 Å². The summed E-state index contributed by atoms with van der Waals surface area (Å²) in [5.74, 6) is 0. The van der Waals surface area contributed by atoms with Crippen LogP contribution in [0.5, 0.6) is 0 Å². The first-order chi connectivity index (χ1) is 8.16. The van der Waals surface area contributed by atoms with Gasteiger partial charge in [0.1, 0.15) is 5.69 Å². The first-order valence-electron chi connectivity index (χ1n) is 5.17. The van der Waals surface area contributed by atoms with Crippen molar-refractivity contribution in [2.45, 2.75) is 13.5 Å². The summed E-state index contributed by atoms with van der Waals surface area (Å²) in [6.07, 6.45) is 0. The van der Waals surface area contributed by atoms with Gasteiger partial charge in [-0.05, 0) is 40.9 Å². The van der Waals surface area contributed by atoms with Gasteiger partial charge in [-0.3, -0.25) is 10.1 Å². The summed E-state index contributed by atoms with van der Waals surface area (Å²) in [5.41, 5.74) is 2.82. The summed E-state index contributed by atoms with van der Waals surface area (Å²) >= 11 is 1.61. The Morgan fingerprint density at radius 3 is 2.88 bits per heavy atom. The normalized spacial score (nSPS) is 10.2. The van der Waals surface area contributed by atoms with Crippen LogP contribution in [0.4, 0.5) is 11.4 Å². The van der Waals surface area contributed by atoms with Crippen LogP contribution in [0.15, 0.2) is 35.0 Å². The van der Waals surface area contributed by atoms with Crippen molar-refractivity contribution in [2.24, 2.45) is 0 Å². The molecule has 0 fully saturated rings. The van der Waals surface area contributed by atoms with E-state index >= 15 is 0 Å². The van der Waals surface area contributed by atoms with Gasteiger partial charge in [0.2, 0.25) is 0 Å². The van der Waals surface area contributed by atoms with Gasteiger partial charge in [-0.2, -0.15) is 11.3 Å². The minimum atomic E-state index is -0.366. The van der Waals surface area contributed by atoms with Crippen LogP contribution in [-0.2, 0) is 6.54 Å². The quantitative estimate of drug-likeness (QED) is 0.664. The summed E-state index contributed by atoms with van der Waals surface area (Å²) in [4.78, 5) is 10.5. The van der Waals surface area contributed by atoms with E-state index in [2.05, 4.69) is 5.32 Å². The van der Waals surface area contributed by atoms with E-state index in [-0.39, 0.29) is 10.6 Å². The SMILES string of the molecule is Cc1ccc([N+](=O)[O-])c(NCc2ccsc2)c1.